The van der Waals surface area contributed by atoms with Gasteiger partial charge in [0.15, 0.2) is 0 Å². The first-order valence-electron chi connectivity index (χ1n) is 25.6. The van der Waals surface area contributed by atoms with Gasteiger partial charge in [0.05, 0.1) is 14.2 Å². The molecule has 0 spiro atoms. The second kappa shape index (κ2) is 13.3. The molecule has 0 saturated heterocycles. The summed E-state index contributed by atoms with van der Waals surface area (Å²) in [7, 11) is 3.82. The largest absolute Gasteiger partial charge is 0.496 e. The predicted molar refractivity (Wildman–Crippen MR) is 234 cm³/mol. The molecule has 0 amide bonds. The summed E-state index contributed by atoms with van der Waals surface area (Å²) in [6, 6.07) is 18.5. The van der Waals surface area contributed by atoms with E-state index in [1.807, 2.05) is 14.2 Å². The van der Waals surface area contributed by atoms with Gasteiger partial charge in [-0.05, 0) is 282 Å². The second-order valence-electron chi connectivity index (χ2n) is 25.5. The monoisotopic (exact) mass is 781 g/mol. The van der Waals surface area contributed by atoms with Crippen molar-refractivity contribution in [2.24, 2.45) is 92.7 Å². The zero-order chi connectivity index (χ0) is 38.4. The van der Waals surface area contributed by atoms with Gasteiger partial charge in [-0.1, -0.05) is 36.4 Å². The van der Waals surface area contributed by atoms with E-state index < -0.39 is 0 Å². The number of methoxy groups -OCH3 is 2. The lowest BCUT2D eigenvalue weighted by atomic mass is 9.37. The van der Waals surface area contributed by atoms with E-state index in [2.05, 4.69) is 48.5 Å². The van der Waals surface area contributed by atoms with Crippen LogP contribution in [0.2, 0.25) is 0 Å². The highest BCUT2D eigenvalue weighted by atomic mass is 16.5. The van der Waals surface area contributed by atoms with Crippen molar-refractivity contribution in [3.63, 3.8) is 0 Å². The Morgan fingerprint density at radius 2 is 0.517 bits per heavy atom. The minimum atomic E-state index is 0.578. The molecule has 2 aromatic carbocycles. The summed E-state index contributed by atoms with van der Waals surface area (Å²) in [5, 5.41) is 0. The van der Waals surface area contributed by atoms with E-state index in [0.717, 1.165) is 82.9 Å². The fourth-order valence-electron chi connectivity index (χ4n) is 22.6. The first-order valence-corrected chi connectivity index (χ1v) is 25.6. The van der Waals surface area contributed by atoms with Gasteiger partial charge >= 0.3 is 0 Å². The van der Waals surface area contributed by atoms with Crippen molar-refractivity contribution in [2.45, 2.75) is 166 Å². The Kier molecular flexibility index (Phi) is 8.39. The smallest absolute Gasteiger partial charge is 0.122 e. The van der Waals surface area contributed by atoms with E-state index in [1.54, 1.807) is 88.2 Å². The van der Waals surface area contributed by atoms with Crippen molar-refractivity contribution in [3.8, 4) is 11.5 Å². The van der Waals surface area contributed by atoms with Crippen LogP contribution in [-0.4, -0.2) is 14.2 Å². The summed E-state index contributed by atoms with van der Waals surface area (Å²) in [5.74, 6) is 16.3. The zero-order valence-corrected chi connectivity index (χ0v) is 36.5. The van der Waals surface area contributed by atoms with E-state index in [4.69, 9.17) is 9.47 Å². The van der Waals surface area contributed by atoms with Gasteiger partial charge in [0.2, 0.25) is 0 Å². The lowest BCUT2D eigenvalue weighted by Crippen LogP contribution is -2.57. The average molecular weight is 781 g/mol. The number of benzene rings is 2. The minimum Gasteiger partial charge on any atom is -0.496 e. The van der Waals surface area contributed by atoms with E-state index >= 15 is 0 Å². The Hall–Kier alpha value is -1.96. The molecule has 312 valence electrons. The molecule has 58 heavy (non-hydrogen) atoms. The summed E-state index contributed by atoms with van der Waals surface area (Å²) in [5.41, 5.74) is 5.53. The molecule has 16 bridgehead atoms. The first-order chi connectivity index (χ1) is 28.3. The molecule has 16 aliphatic carbocycles. The summed E-state index contributed by atoms with van der Waals surface area (Å²) >= 11 is 0. The maximum Gasteiger partial charge on any atom is 0.122 e. The normalized spacial score (nSPS) is 50.1. The van der Waals surface area contributed by atoms with Crippen LogP contribution in [0.5, 0.6) is 11.5 Å². The van der Waals surface area contributed by atoms with Gasteiger partial charge in [-0.2, -0.15) is 0 Å². The third-order valence-electron chi connectivity index (χ3n) is 21.7. The van der Waals surface area contributed by atoms with Gasteiger partial charge in [0.25, 0.3) is 0 Å². The number of para-hydroxylation sites is 2. The van der Waals surface area contributed by atoms with Crippen LogP contribution < -0.4 is 9.47 Å². The molecule has 16 fully saturated rings. The van der Waals surface area contributed by atoms with Gasteiger partial charge in [0, 0.05) is 0 Å². The van der Waals surface area contributed by atoms with Gasteiger partial charge in [-0.15, -0.1) is 0 Å². The van der Waals surface area contributed by atoms with E-state index in [0.29, 0.717) is 21.7 Å². The Bertz CT molecular complexity index is 1520. The Balaban J connectivity index is 0.000000121. The number of hydrogen-bond acceptors (Lipinski definition) is 2. The lowest BCUT2D eigenvalue weighted by Gasteiger charge is -2.67. The maximum absolute atomic E-state index is 6.05. The number of hydrogen-bond donors (Lipinski definition) is 0. The van der Waals surface area contributed by atoms with Crippen molar-refractivity contribution in [2.75, 3.05) is 14.2 Å². The van der Waals surface area contributed by atoms with E-state index in [9.17, 15) is 0 Å². The molecule has 0 atom stereocenters. The first kappa shape index (κ1) is 36.7. The molecule has 0 N–H and O–H groups in total. The fraction of sp³-hybridized carbons (Fsp3) is 0.786. The molecule has 0 aromatic heterocycles. The molecular formula is C56H76O2. The summed E-state index contributed by atoms with van der Waals surface area (Å²) in [6.45, 7) is 0. The minimum absolute atomic E-state index is 0.578. The summed E-state index contributed by atoms with van der Waals surface area (Å²) in [6.07, 6.45) is 37.0. The lowest BCUT2D eigenvalue weighted by molar-refractivity contribution is -0.144. The van der Waals surface area contributed by atoms with Crippen LogP contribution >= 0.6 is 0 Å². The van der Waals surface area contributed by atoms with Crippen molar-refractivity contribution < 1.29 is 9.47 Å². The summed E-state index contributed by atoms with van der Waals surface area (Å²) < 4.78 is 12.1. The Labute approximate surface area is 352 Å². The van der Waals surface area contributed by atoms with Gasteiger partial charge in [-0.25, -0.2) is 0 Å². The quantitative estimate of drug-likeness (QED) is 0.266. The predicted octanol–water partition coefficient (Wildman–Crippen LogP) is 14.4. The molecule has 18 rings (SSSR count). The molecule has 16 aliphatic rings. The van der Waals surface area contributed by atoms with Crippen LogP contribution in [0.25, 0.3) is 0 Å². The molecule has 2 heteroatoms. The third kappa shape index (κ3) is 5.65. The fourth-order valence-corrected chi connectivity index (χ4v) is 22.6. The number of ether oxygens (including phenoxy) is 2. The average Bonchev–Trinajstić information content (AvgIpc) is 3.16. The van der Waals surface area contributed by atoms with Crippen LogP contribution in [0.15, 0.2) is 48.5 Å². The van der Waals surface area contributed by atoms with Crippen LogP contribution in [0.4, 0.5) is 0 Å². The summed E-state index contributed by atoms with van der Waals surface area (Å²) in [4.78, 5) is 0. The number of rotatable bonds is 8. The molecule has 0 radical (unpaired) electrons. The topological polar surface area (TPSA) is 18.5 Å². The van der Waals surface area contributed by atoms with Gasteiger partial charge in [-0.3, -0.25) is 0 Å². The molecular weight excluding hydrogens is 705 g/mol. The zero-order valence-electron chi connectivity index (χ0n) is 36.5. The molecule has 16 saturated carbocycles. The van der Waals surface area contributed by atoms with Crippen molar-refractivity contribution in [3.05, 3.63) is 59.7 Å². The highest BCUT2D eigenvalue weighted by molar-refractivity contribution is 5.42. The van der Waals surface area contributed by atoms with Crippen LogP contribution in [0, 0.1) is 92.7 Å². The second-order valence-corrected chi connectivity index (χ2v) is 25.5. The molecule has 0 heterocycles. The third-order valence-corrected chi connectivity index (χ3v) is 21.7. The molecule has 2 aromatic rings. The van der Waals surface area contributed by atoms with Crippen molar-refractivity contribution >= 4 is 0 Å². The maximum atomic E-state index is 6.05. The van der Waals surface area contributed by atoms with Crippen LogP contribution in [-0.2, 0) is 0 Å². The van der Waals surface area contributed by atoms with E-state index in [-0.39, 0.29) is 0 Å². The molecule has 0 aliphatic heterocycles. The van der Waals surface area contributed by atoms with Crippen LogP contribution in [0.3, 0.4) is 0 Å². The SMILES string of the molecule is COc1ccccc1C(C12CC3CC(CC(C3)C1)C2)C12CC3CC(CC(C3)C1)C2.COc1ccccc1C(C12CC3CC(CC(C3)C1)C2)C12CC3CC(CC(C3)C1)C2. The Morgan fingerprint density at radius 3 is 0.707 bits per heavy atom. The van der Waals surface area contributed by atoms with Crippen molar-refractivity contribution in [1.29, 1.82) is 0 Å². The van der Waals surface area contributed by atoms with Gasteiger partial charge < -0.3 is 9.47 Å². The highest BCUT2D eigenvalue weighted by Crippen LogP contribution is 2.76. The Morgan fingerprint density at radius 1 is 0.328 bits per heavy atom. The molecule has 2 nitrogen and oxygen atoms in total. The standard InChI is InChI=1S/2C28H38O/c2*1-29-25-5-3-2-4-24(25)26(27-12-18-6-19(13-27)8-20(7-18)14-27)28-15-21-9-22(16-28)11-23(10-21)17-28/h2*2-5,18-23,26H,6-17H2,1H3. The van der Waals surface area contributed by atoms with Crippen molar-refractivity contribution in [1.82, 2.24) is 0 Å². The van der Waals surface area contributed by atoms with Crippen LogP contribution in [0.1, 0.15) is 177 Å². The highest BCUT2D eigenvalue weighted by Gasteiger charge is 2.65. The molecule has 0 unspecified atom stereocenters. The van der Waals surface area contributed by atoms with E-state index in [1.165, 1.54) is 88.5 Å². The van der Waals surface area contributed by atoms with Gasteiger partial charge in [0.1, 0.15) is 11.5 Å².